The van der Waals surface area contributed by atoms with Crippen molar-refractivity contribution in [3.8, 4) is 0 Å². The molecule has 1 saturated heterocycles. The highest BCUT2D eigenvalue weighted by atomic mass is 32.2. The molecule has 4 N–H and O–H groups in total. The van der Waals surface area contributed by atoms with Gasteiger partial charge in [0.1, 0.15) is 0 Å². The standard InChI is InChI=1S/C19H17N3O5S/c20-15(23)9-12-5-1-2-7-14(12)21-16-17(24)22(19(27)28-16)10-11-4-3-6-13(8-11)18(25)26/h1-8,16,21H,9-10H2,(H2,20,23)(H,25,26). The van der Waals surface area contributed by atoms with Gasteiger partial charge in [-0.2, -0.15) is 0 Å². The summed E-state index contributed by atoms with van der Waals surface area (Å²) in [6, 6.07) is 13.0. The third-order valence-corrected chi connectivity index (χ3v) is 5.09. The number of nitrogens with one attached hydrogen (secondary N) is 1. The number of para-hydroxylation sites is 1. The predicted octanol–water partition coefficient (Wildman–Crippen LogP) is 2.05. The fourth-order valence-electron chi connectivity index (χ4n) is 2.81. The number of anilines is 1. The van der Waals surface area contributed by atoms with Crippen molar-refractivity contribution in [2.45, 2.75) is 18.3 Å². The van der Waals surface area contributed by atoms with E-state index in [0.717, 1.165) is 16.7 Å². The maximum absolute atomic E-state index is 12.7. The van der Waals surface area contributed by atoms with Crippen molar-refractivity contribution in [2.24, 2.45) is 5.73 Å². The first kappa shape index (κ1) is 19.4. The van der Waals surface area contributed by atoms with Gasteiger partial charge in [-0.3, -0.25) is 19.3 Å². The van der Waals surface area contributed by atoms with Crippen LogP contribution in [0.2, 0.25) is 0 Å². The normalized spacial score (nSPS) is 16.3. The molecule has 0 radical (unpaired) electrons. The molecular weight excluding hydrogens is 382 g/mol. The summed E-state index contributed by atoms with van der Waals surface area (Å²) in [6.07, 6.45) is 0.00833. The Morgan fingerprint density at radius 1 is 1.14 bits per heavy atom. The van der Waals surface area contributed by atoms with Gasteiger partial charge in [0.2, 0.25) is 5.91 Å². The Kier molecular flexibility index (Phi) is 5.65. The van der Waals surface area contributed by atoms with E-state index in [2.05, 4.69) is 5.32 Å². The Bertz CT molecular complexity index is 962. The van der Waals surface area contributed by atoms with Crippen molar-refractivity contribution in [3.05, 3.63) is 65.2 Å². The average molecular weight is 399 g/mol. The summed E-state index contributed by atoms with van der Waals surface area (Å²) in [5, 5.41) is 10.8. The zero-order valence-corrected chi connectivity index (χ0v) is 15.4. The summed E-state index contributed by atoms with van der Waals surface area (Å²) in [5.74, 6) is -2.03. The molecule has 0 spiro atoms. The number of carbonyl (C=O) groups excluding carboxylic acids is 3. The number of primary amides is 1. The minimum Gasteiger partial charge on any atom is -0.478 e. The highest BCUT2D eigenvalue weighted by Gasteiger charge is 2.39. The van der Waals surface area contributed by atoms with Gasteiger partial charge in [0.15, 0.2) is 5.37 Å². The van der Waals surface area contributed by atoms with E-state index in [0.29, 0.717) is 16.8 Å². The van der Waals surface area contributed by atoms with Crippen LogP contribution in [0, 0.1) is 0 Å². The SMILES string of the molecule is NC(=O)Cc1ccccc1NC1SC(=O)N(Cc2cccc(C(=O)O)c2)C1=O. The van der Waals surface area contributed by atoms with E-state index in [-0.39, 0.29) is 18.5 Å². The maximum Gasteiger partial charge on any atom is 0.335 e. The zero-order valence-electron chi connectivity index (χ0n) is 14.6. The molecule has 0 bridgehead atoms. The number of aromatic carboxylic acids is 1. The summed E-state index contributed by atoms with van der Waals surface area (Å²) in [5.41, 5.74) is 7.05. The fraction of sp³-hybridized carbons (Fsp3) is 0.158. The molecule has 2 aromatic rings. The molecule has 2 aromatic carbocycles. The van der Waals surface area contributed by atoms with Crippen LogP contribution >= 0.6 is 11.8 Å². The lowest BCUT2D eigenvalue weighted by atomic mass is 10.1. The number of thioether (sulfide) groups is 1. The van der Waals surface area contributed by atoms with Crippen LogP contribution in [-0.4, -0.2) is 38.4 Å². The molecule has 0 saturated carbocycles. The summed E-state index contributed by atoms with van der Waals surface area (Å²) < 4.78 is 0. The maximum atomic E-state index is 12.7. The van der Waals surface area contributed by atoms with E-state index in [1.807, 2.05) is 0 Å². The number of carboxylic acid groups (broad SMARTS) is 1. The molecule has 1 heterocycles. The van der Waals surface area contributed by atoms with Gasteiger partial charge in [-0.25, -0.2) is 4.79 Å². The van der Waals surface area contributed by atoms with Crippen LogP contribution < -0.4 is 11.1 Å². The van der Waals surface area contributed by atoms with Crippen LogP contribution in [0.25, 0.3) is 0 Å². The highest BCUT2D eigenvalue weighted by Crippen LogP contribution is 2.30. The van der Waals surface area contributed by atoms with E-state index in [1.54, 1.807) is 36.4 Å². The second kappa shape index (κ2) is 8.13. The van der Waals surface area contributed by atoms with Gasteiger partial charge >= 0.3 is 5.97 Å². The van der Waals surface area contributed by atoms with Crippen LogP contribution in [0.1, 0.15) is 21.5 Å². The molecule has 3 rings (SSSR count). The smallest absolute Gasteiger partial charge is 0.335 e. The number of carboxylic acids is 1. The van der Waals surface area contributed by atoms with E-state index < -0.39 is 28.4 Å². The minimum absolute atomic E-state index is 0.00833. The molecule has 1 unspecified atom stereocenters. The van der Waals surface area contributed by atoms with Crippen LogP contribution in [0.4, 0.5) is 10.5 Å². The Labute approximate surface area is 164 Å². The number of benzene rings is 2. The van der Waals surface area contributed by atoms with E-state index >= 15 is 0 Å². The molecule has 1 atom stereocenters. The van der Waals surface area contributed by atoms with E-state index in [4.69, 9.17) is 10.8 Å². The number of nitrogens with two attached hydrogens (primary N) is 1. The first-order valence-electron chi connectivity index (χ1n) is 8.32. The van der Waals surface area contributed by atoms with Gasteiger partial charge in [0.05, 0.1) is 18.5 Å². The molecule has 0 aliphatic carbocycles. The lowest BCUT2D eigenvalue weighted by Crippen LogP contribution is -2.34. The zero-order chi connectivity index (χ0) is 20.3. The second-order valence-corrected chi connectivity index (χ2v) is 7.19. The second-order valence-electron chi connectivity index (χ2n) is 6.14. The largest absolute Gasteiger partial charge is 0.478 e. The Morgan fingerprint density at radius 2 is 1.89 bits per heavy atom. The Hall–Kier alpha value is -3.33. The van der Waals surface area contributed by atoms with Crippen molar-refractivity contribution in [2.75, 3.05) is 5.32 Å². The first-order valence-corrected chi connectivity index (χ1v) is 9.20. The van der Waals surface area contributed by atoms with Gasteiger partial charge in [-0.1, -0.05) is 30.3 Å². The van der Waals surface area contributed by atoms with Gasteiger partial charge in [0.25, 0.3) is 11.1 Å². The molecule has 8 nitrogen and oxygen atoms in total. The van der Waals surface area contributed by atoms with E-state index in [9.17, 15) is 19.2 Å². The number of amides is 3. The fourth-order valence-corrected chi connectivity index (χ4v) is 3.71. The highest BCUT2D eigenvalue weighted by molar-refractivity contribution is 8.15. The molecule has 1 aliphatic rings. The quantitative estimate of drug-likeness (QED) is 0.649. The van der Waals surface area contributed by atoms with Crippen LogP contribution in [0.3, 0.4) is 0 Å². The number of hydrogen-bond acceptors (Lipinski definition) is 6. The Morgan fingerprint density at radius 3 is 2.61 bits per heavy atom. The monoisotopic (exact) mass is 399 g/mol. The number of imide groups is 1. The summed E-state index contributed by atoms with van der Waals surface area (Å²) >= 11 is 0.828. The predicted molar refractivity (Wildman–Crippen MR) is 104 cm³/mol. The third-order valence-electron chi connectivity index (χ3n) is 4.11. The summed E-state index contributed by atoms with van der Waals surface area (Å²) in [4.78, 5) is 48.4. The number of nitrogens with zero attached hydrogens (tertiary/aromatic N) is 1. The van der Waals surface area contributed by atoms with Crippen molar-refractivity contribution in [3.63, 3.8) is 0 Å². The summed E-state index contributed by atoms with van der Waals surface area (Å²) in [7, 11) is 0. The van der Waals surface area contributed by atoms with Crippen molar-refractivity contribution < 1.29 is 24.3 Å². The molecule has 3 amide bonds. The number of hydrogen-bond donors (Lipinski definition) is 3. The molecule has 1 aliphatic heterocycles. The number of rotatable bonds is 7. The molecule has 28 heavy (non-hydrogen) atoms. The van der Waals surface area contributed by atoms with Gasteiger partial charge in [0, 0.05) is 5.69 Å². The van der Waals surface area contributed by atoms with Crippen LogP contribution in [0.15, 0.2) is 48.5 Å². The van der Waals surface area contributed by atoms with E-state index in [1.165, 1.54) is 12.1 Å². The third kappa shape index (κ3) is 4.32. The van der Waals surface area contributed by atoms with Crippen LogP contribution in [-0.2, 0) is 22.6 Å². The molecule has 9 heteroatoms. The Balaban J connectivity index is 1.75. The molecule has 144 valence electrons. The minimum atomic E-state index is -1.08. The molecule has 1 fully saturated rings. The lowest BCUT2D eigenvalue weighted by molar-refractivity contribution is -0.126. The van der Waals surface area contributed by atoms with Crippen molar-refractivity contribution in [1.82, 2.24) is 4.90 Å². The van der Waals surface area contributed by atoms with Crippen molar-refractivity contribution in [1.29, 1.82) is 0 Å². The molecule has 0 aromatic heterocycles. The first-order chi connectivity index (χ1) is 13.3. The number of carbonyl (C=O) groups is 4. The van der Waals surface area contributed by atoms with Crippen molar-refractivity contribution >= 4 is 40.5 Å². The van der Waals surface area contributed by atoms with Gasteiger partial charge in [-0.15, -0.1) is 0 Å². The average Bonchev–Trinajstić information content (AvgIpc) is 2.90. The van der Waals surface area contributed by atoms with Gasteiger partial charge < -0.3 is 16.2 Å². The summed E-state index contributed by atoms with van der Waals surface area (Å²) in [6.45, 7) is -0.0209. The lowest BCUT2D eigenvalue weighted by Gasteiger charge is -2.16. The topological polar surface area (TPSA) is 130 Å². The van der Waals surface area contributed by atoms with Crippen LogP contribution in [0.5, 0.6) is 0 Å². The molecular formula is C19H17N3O5S. The van der Waals surface area contributed by atoms with Gasteiger partial charge in [-0.05, 0) is 41.1 Å².